The van der Waals surface area contributed by atoms with Crippen LogP contribution in [0.15, 0.2) is 81.7 Å². The molecule has 0 N–H and O–H groups in total. The standard InChI is InChI=1S/C33H24ClF3I2N2O6S/c1-3-45-30(43)20-7-5-17(6-8-20)16-47-27-22(38)13-18(14-23(27)39)15-24-29(42)41-26(19-9-11-21(34)12-10-19)25(31(44)46-4-2)28(33(35,36)37)40-32(41)48-24/h5-15,26H,3-4,16H2,1-2H3/b24-15-/t26-/m0/s1. The Kier molecular flexibility index (Phi) is 11.4. The van der Waals surface area contributed by atoms with Gasteiger partial charge in [0.1, 0.15) is 12.4 Å². The molecule has 3 aromatic carbocycles. The van der Waals surface area contributed by atoms with Gasteiger partial charge in [-0.1, -0.05) is 47.2 Å². The average molecular weight is 923 g/mol. The monoisotopic (exact) mass is 922 g/mol. The largest absolute Gasteiger partial charge is 0.487 e. The molecule has 0 spiro atoms. The van der Waals surface area contributed by atoms with Crippen LogP contribution in [-0.4, -0.2) is 35.9 Å². The van der Waals surface area contributed by atoms with Crippen molar-refractivity contribution in [2.75, 3.05) is 13.2 Å². The van der Waals surface area contributed by atoms with Crippen LogP contribution in [0.25, 0.3) is 6.08 Å². The highest BCUT2D eigenvalue weighted by atomic mass is 127. The number of hydrogen-bond donors (Lipinski definition) is 0. The minimum absolute atomic E-state index is 0.112. The molecule has 15 heteroatoms. The summed E-state index contributed by atoms with van der Waals surface area (Å²) in [7, 11) is 0. The number of fused-ring (bicyclic) bond motifs is 1. The highest BCUT2D eigenvalue weighted by Crippen LogP contribution is 2.38. The molecule has 1 aliphatic rings. The number of carbonyl (C=O) groups excluding carboxylic acids is 2. The first-order chi connectivity index (χ1) is 22.8. The number of halogens is 6. The summed E-state index contributed by atoms with van der Waals surface area (Å²) >= 11 is 11.0. The Morgan fingerprint density at radius 2 is 1.58 bits per heavy atom. The van der Waals surface area contributed by atoms with E-state index in [9.17, 15) is 27.6 Å². The Balaban J connectivity index is 1.53. The SMILES string of the molecule is CCOC(=O)C1=C(C(F)(F)F)N=c2s/c(=C\c3cc(I)c(OCc4ccc(C(=O)OCC)cc4)c(I)c3)c(=O)n2[C@H]1c1ccc(Cl)cc1. The molecule has 0 saturated heterocycles. The van der Waals surface area contributed by atoms with Crippen LogP contribution >= 0.6 is 68.1 Å². The van der Waals surface area contributed by atoms with E-state index in [1.165, 1.54) is 31.2 Å². The lowest BCUT2D eigenvalue weighted by molar-refractivity contribution is -0.140. The fourth-order valence-corrected chi connectivity index (χ4v) is 8.11. The molecule has 4 aromatic rings. The number of hydrogen-bond acceptors (Lipinski definition) is 8. The predicted molar refractivity (Wildman–Crippen MR) is 191 cm³/mol. The average Bonchev–Trinajstić information content (AvgIpc) is 3.34. The van der Waals surface area contributed by atoms with E-state index >= 15 is 0 Å². The van der Waals surface area contributed by atoms with Crippen LogP contribution in [-0.2, 0) is 20.9 Å². The number of ether oxygens (including phenoxy) is 3. The van der Waals surface area contributed by atoms with E-state index in [2.05, 4.69) is 50.2 Å². The molecule has 2 heterocycles. The summed E-state index contributed by atoms with van der Waals surface area (Å²) in [5, 5.41) is 0.326. The maximum absolute atomic E-state index is 14.4. The number of carbonyl (C=O) groups is 2. The van der Waals surface area contributed by atoms with E-state index in [1.54, 1.807) is 49.4 Å². The van der Waals surface area contributed by atoms with E-state index in [4.69, 9.17) is 25.8 Å². The Hall–Kier alpha value is -3.22. The summed E-state index contributed by atoms with van der Waals surface area (Å²) in [6, 6.07) is 14.8. The van der Waals surface area contributed by atoms with Crippen molar-refractivity contribution in [3.63, 3.8) is 0 Å². The predicted octanol–water partition coefficient (Wildman–Crippen LogP) is 6.96. The summed E-state index contributed by atoms with van der Waals surface area (Å²) in [6.45, 7) is 3.54. The van der Waals surface area contributed by atoms with E-state index in [0.717, 1.165) is 28.6 Å². The summed E-state index contributed by atoms with van der Waals surface area (Å²) in [4.78, 5) is 42.4. The third-order valence-corrected chi connectivity index (χ3v) is 9.78. The number of alkyl halides is 3. The van der Waals surface area contributed by atoms with Crippen molar-refractivity contribution in [2.45, 2.75) is 32.7 Å². The molecule has 0 saturated carbocycles. The topological polar surface area (TPSA) is 96.2 Å². The smallest absolute Gasteiger partial charge is 0.434 e. The highest BCUT2D eigenvalue weighted by molar-refractivity contribution is 14.1. The first-order valence-corrected chi connectivity index (χ1v) is 17.6. The molecule has 0 bridgehead atoms. The van der Waals surface area contributed by atoms with Gasteiger partial charge in [0.05, 0.1) is 42.1 Å². The lowest BCUT2D eigenvalue weighted by Crippen LogP contribution is -2.41. The number of aromatic nitrogens is 1. The zero-order chi connectivity index (χ0) is 34.7. The molecule has 8 nitrogen and oxygen atoms in total. The Labute approximate surface area is 308 Å². The highest BCUT2D eigenvalue weighted by Gasteiger charge is 2.45. The van der Waals surface area contributed by atoms with E-state index < -0.39 is 41.0 Å². The number of thiazole rings is 1. The van der Waals surface area contributed by atoms with E-state index in [0.29, 0.717) is 21.9 Å². The van der Waals surface area contributed by atoms with Crippen molar-refractivity contribution in [1.29, 1.82) is 0 Å². The van der Waals surface area contributed by atoms with Gasteiger partial charge >= 0.3 is 18.1 Å². The molecule has 1 aromatic heterocycles. The van der Waals surface area contributed by atoms with Gasteiger partial charge < -0.3 is 14.2 Å². The third-order valence-electron chi connectivity index (χ3n) is 6.95. The van der Waals surface area contributed by atoms with E-state index in [1.807, 2.05) is 0 Å². The molecule has 0 amide bonds. The number of allylic oxidation sites excluding steroid dienone is 1. The molecule has 1 aliphatic heterocycles. The minimum atomic E-state index is -5.01. The molecule has 0 unspecified atom stereocenters. The molecule has 5 rings (SSSR count). The Bertz CT molecular complexity index is 2070. The van der Waals surface area contributed by atoms with Crippen molar-refractivity contribution in [2.24, 2.45) is 4.99 Å². The third kappa shape index (κ3) is 7.81. The van der Waals surface area contributed by atoms with Crippen LogP contribution in [0.3, 0.4) is 0 Å². The molecule has 0 radical (unpaired) electrons. The zero-order valence-electron chi connectivity index (χ0n) is 25.1. The molecule has 250 valence electrons. The van der Waals surface area contributed by atoms with Gasteiger partial charge in [-0.15, -0.1) is 0 Å². The fourth-order valence-electron chi connectivity index (χ4n) is 4.86. The number of nitrogens with zero attached hydrogens (tertiary/aromatic N) is 2. The lowest BCUT2D eigenvalue weighted by Gasteiger charge is -2.26. The van der Waals surface area contributed by atoms with Crippen LogP contribution in [0, 0.1) is 7.14 Å². The molecule has 48 heavy (non-hydrogen) atoms. The van der Waals surface area contributed by atoms with Gasteiger partial charge in [0.2, 0.25) is 0 Å². The van der Waals surface area contributed by atoms with Crippen LogP contribution < -0.4 is 19.6 Å². The van der Waals surface area contributed by atoms with Crippen molar-refractivity contribution in [3.05, 3.63) is 126 Å². The maximum atomic E-state index is 14.4. The van der Waals surface area contributed by atoms with Gasteiger partial charge in [-0.3, -0.25) is 9.36 Å². The van der Waals surface area contributed by atoms with Gasteiger partial charge in [0.15, 0.2) is 10.5 Å². The second kappa shape index (κ2) is 15.1. The van der Waals surface area contributed by atoms with Crippen LogP contribution in [0.4, 0.5) is 13.2 Å². The van der Waals surface area contributed by atoms with Crippen LogP contribution in [0.2, 0.25) is 5.02 Å². The lowest BCUT2D eigenvalue weighted by atomic mass is 9.95. The fraction of sp³-hybridized carbons (Fsp3) is 0.212. The van der Waals surface area contributed by atoms with E-state index in [-0.39, 0.29) is 34.7 Å². The Morgan fingerprint density at radius 1 is 0.979 bits per heavy atom. The minimum Gasteiger partial charge on any atom is -0.487 e. The molecular weight excluding hydrogens is 899 g/mol. The summed E-state index contributed by atoms with van der Waals surface area (Å²) < 4.78 is 61.9. The normalized spacial score (nSPS) is 14.8. The summed E-state index contributed by atoms with van der Waals surface area (Å²) in [6.07, 6.45) is -3.45. The number of benzene rings is 3. The first-order valence-electron chi connectivity index (χ1n) is 14.3. The van der Waals surface area contributed by atoms with Crippen molar-refractivity contribution < 1.29 is 37.0 Å². The summed E-state index contributed by atoms with van der Waals surface area (Å²) in [5.74, 6) is -1.03. The number of esters is 2. The molecule has 1 atom stereocenters. The van der Waals surface area contributed by atoms with Crippen molar-refractivity contribution in [1.82, 2.24) is 4.57 Å². The molecule has 0 fully saturated rings. The second-order valence-corrected chi connectivity index (χ2v) is 13.9. The van der Waals surface area contributed by atoms with Gasteiger partial charge in [0.25, 0.3) is 5.56 Å². The summed E-state index contributed by atoms with van der Waals surface area (Å²) in [5.41, 5.74) is -0.738. The first kappa shape index (κ1) is 36.1. The molecule has 0 aliphatic carbocycles. The second-order valence-electron chi connectivity index (χ2n) is 10.1. The molecular formula is C33H24ClF3I2N2O6S. The van der Waals surface area contributed by atoms with Gasteiger partial charge in [-0.25, -0.2) is 14.6 Å². The van der Waals surface area contributed by atoms with Crippen LogP contribution in [0.1, 0.15) is 46.9 Å². The quantitative estimate of drug-likeness (QED) is 0.133. The maximum Gasteiger partial charge on any atom is 0.434 e. The van der Waals surface area contributed by atoms with Gasteiger partial charge in [0, 0.05) is 5.02 Å². The van der Waals surface area contributed by atoms with Crippen molar-refractivity contribution >= 4 is 86.1 Å². The van der Waals surface area contributed by atoms with Crippen molar-refractivity contribution in [3.8, 4) is 5.75 Å². The van der Waals surface area contributed by atoms with Crippen LogP contribution in [0.5, 0.6) is 5.75 Å². The zero-order valence-corrected chi connectivity index (χ0v) is 31.0. The number of rotatable bonds is 9. The van der Waals surface area contributed by atoms with Gasteiger partial charge in [-0.05, 0) is 118 Å². The Morgan fingerprint density at radius 3 is 2.17 bits per heavy atom. The van der Waals surface area contributed by atoms with Gasteiger partial charge in [-0.2, -0.15) is 13.2 Å².